The lowest BCUT2D eigenvalue weighted by Crippen LogP contribution is -2.17. The minimum Gasteiger partial charge on any atom is -0.507 e. The summed E-state index contributed by atoms with van der Waals surface area (Å²) in [7, 11) is 0. The maximum absolute atomic E-state index is 10.7. The average molecular weight is 338 g/mol. The fourth-order valence-corrected chi connectivity index (χ4v) is 2.55. The van der Waals surface area contributed by atoms with Crippen LogP contribution >= 0.6 is 12.4 Å². The van der Waals surface area contributed by atoms with Gasteiger partial charge >= 0.3 is 0 Å². The molecule has 0 aliphatic carbocycles. The van der Waals surface area contributed by atoms with Crippen LogP contribution in [0.25, 0.3) is 11.3 Å². The van der Waals surface area contributed by atoms with Crippen molar-refractivity contribution in [1.29, 1.82) is 0 Å². The Morgan fingerprint density at radius 2 is 1.52 bits per heavy atom. The van der Waals surface area contributed by atoms with Crippen LogP contribution in [0.1, 0.15) is 58.5 Å². The molecule has 1 aromatic heterocycles. The van der Waals surface area contributed by atoms with Crippen LogP contribution in [-0.2, 0) is 17.4 Å². The molecule has 1 aromatic carbocycles. The van der Waals surface area contributed by atoms with E-state index in [1.165, 1.54) is 0 Å². The van der Waals surface area contributed by atoms with Crippen LogP contribution in [0.15, 0.2) is 18.3 Å². The average Bonchev–Trinajstić information content (AvgIpc) is 2.85. The maximum atomic E-state index is 10.7. The van der Waals surface area contributed by atoms with Crippen LogP contribution in [0.2, 0.25) is 0 Å². The van der Waals surface area contributed by atoms with Crippen LogP contribution in [0.4, 0.5) is 0 Å². The summed E-state index contributed by atoms with van der Waals surface area (Å²) in [5, 5.41) is 10.7. The second kappa shape index (κ2) is 6.54. The van der Waals surface area contributed by atoms with E-state index in [0.29, 0.717) is 12.3 Å². The molecule has 0 radical (unpaired) electrons. The second-order valence-electron chi connectivity index (χ2n) is 7.87. The number of H-pyrrole nitrogens is 1. The highest BCUT2D eigenvalue weighted by molar-refractivity contribution is 5.85. The van der Waals surface area contributed by atoms with Gasteiger partial charge in [-0.1, -0.05) is 41.5 Å². The summed E-state index contributed by atoms with van der Waals surface area (Å²) in [4.78, 5) is 7.51. The van der Waals surface area contributed by atoms with E-state index in [-0.39, 0.29) is 23.2 Å². The molecule has 0 aliphatic rings. The number of imidazole rings is 1. The lowest BCUT2D eigenvalue weighted by Gasteiger charge is -2.28. The van der Waals surface area contributed by atoms with E-state index in [2.05, 4.69) is 51.5 Å². The standard InChI is InChI=1S/C18H27N3O.ClH/c1-17(2,3)12-7-11(14-10-20-15(9-19)21-14)8-13(16(12)22)18(4,5)6;/h7-8,10,22H,9,19H2,1-6H3,(H,20,21);1H. The summed E-state index contributed by atoms with van der Waals surface area (Å²) in [6, 6.07) is 4.08. The van der Waals surface area contributed by atoms with Crippen molar-refractivity contribution < 1.29 is 5.11 Å². The molecule has 4 nitrogen and oxygen atoms in total. The van der Waals surface area contributed by atoms with Crippen molar-refractivity contribution in [1.82, 2.24) is 9.97 Å². The molecule has 4 N–H and O–H groups in total. The van der Waals surface area contributed by atoms with Crippen LogP contribution in [-0.4, -0.2) is 15.1 Å². The fraction of sp³-hybridized carbons (Fsp3) is 0.500. The predicted molar refractivity (Wildman–Crippen MR) is 98.2 cm³/mol. The highest BCUT2D eigenvalue weighted by Gasteiger charge is 2.27. The van der Waals surface area contributed by atoms with Gasteiger partial charge in [-0.2, -0.15) is 0 Å². The normalized spacial score (nSPS) is 12.1. The zero-order chi connectivity index (χ0) is 16.7. The lowest BCUT2D eigenvalue weighted by atomic mass is 9.78. The first kappa shape index (κ1) is 19.5. The van der Waals surface area contributed by atoms with E-state index in [4.69, 9.17) is 5.73 Å². The van der Waals surface area contributed by atoms with Crippen LogP contribution in [0.3, 0.4) is 0 Å². The second-order valence-corrected chi connectivity index (χ2v) is 7.87. The number of aromatic nitrogens is 2. The van der Waals surface area contributed by atoms with Crippen molar-refractivity contribution in [3.05, 3.63) is 35.3 Å². The molecular weight excluding hydrogens is 310 g/mol. The highest BCUT2D eigenvalue weighted by atomic mass is 35.5. The monoisotopic (exact) mass is 337 g/mol. The molecule has 23 heavy (non-hydrogen) atoms. The van der Waals surface area contributed by atoms with Gasteiger partial charge in [-0.25, -0.2) is 4.98 Å². The number of benzene rings is 1. The van der Waals surface area contributed by atoms with Gasteiger partial charge < -0.3 is 15.8 Å². The largest absolute Gasteiger partial charge is 0.507 e. The van der Waals surface area contributed by atoms with Gasteiger partial charge in [0.2, 0.25) is 0 Å². The number of nitrogens with zero attached hydrogens (tertiary/aromatic N) is 1. The van der Waals surface area contributed by atoms with E-state index in [9.17, 15) is 5.11 Å². The quantitative estimate of drug-likeness (QED) is 0.766. The molecule has 0 saturated carbocycles. The Morgan fingerprint density at radius 3 is 1.87 bits per heavy atom. The highest BCUT2D eigenvalue weighted by Crippen LogP contribution is 2.41. The van der Waals surface area contributed by atoms with Crippen molar-refractivity contribution in [2.24, 2.45) is 5.73 Å². The Morgan fingerprint density at radius 1 is 1.04 bits per heavy atom. The van der Waals surface area contributed by atoms with Gasteiger partial charge in [0, 0.05) is 16.7 Å². The third kappa shape index (κ3) is 4.06. The van der Waals surface area contributed by atoms with Crippen LogP contribution in [0, 0.1) is 0 Å². The zero-order valence-electron chi connectivity index (χ0n) is 14.8. The molecule has 0 spiro atoms. The van der Waals surface area contributed by atoms with Gasteiger partial charge in [0.05, 0.1) is 18.4 Å². The molecule has 0 saturated heterocycles. The Labute approximate surface area is 144 Å². The molecule has 0 unspecified atom stereocenters. The first-order valence-electron chi connectivity index (χ1n) is 7.66. The zero-order valence-corrected chi connectivity index (χ0v) is 15.6. The Bertz CT molecular complexity index is 643. The van der Waals surface area contributed by atoms with Crippen molar-refractivity contribution in [3.8, 4) is 17.0 Å². The number of nitrogens with two attached hydrogens (primary N) is 1. The predicted octanol–water partition coefficient (Wildman–Crippen LogP) is 4.26. The third-order valence-corrected chi connectivity index (χ3v) is 3.86. The van der Waals surface area contributed by atoms with E-state index in [1.807, 2.05) is 12.1 Å². The molecule has 128 valence electrons. The number of hydrogen-bond acceptors (Lipinski definition) is 3. The minimum atomic E-state index is -0.142. The van der Waals surface area contributed by atoms with E-state index >= 15 is 0 Å². The topological polar surface area (TPSA) is 74.9 Å². The SMILES string of the molecule is CC(C)(C)c1cc(-c2cnc(CN)[nH]2)cc(C(C)(C)C)c1O.Cl. The van der Waals surface area contributed by atoms with Crippen LogP contribution in [0.5, 0.6) is 5.75 Å². The fourth-order valence-electron chi connectivity index (χ4n) is 2.55. The Kier molecular flexibility index (Phi) is 5.55. The Hall–Kier alpha value is -1.52. The lowest BCUT2D eigenvalue weighted by molar-refractivity contribution is 0.423. The van der Waals surface area contributed by atoms with E-state index in [0.717, 1.165) is 28.2 Å². The number of hydrogen-bond donors (Lipinski definition) is 3. The third-order valence-electron chi connectivity index (χ3n) is 3.86. The summed E-state index contributed by atoms with van der Waals surface area (Å²) in [6.45, 7) is 13.0. The number of phenols is 1. The van der Waals surface area contributed by atoms with Gasteiger partial charge in [0.1, 0.15) is 11.6 Å². The first-order chi connectivity index (χ1) is 10.0. The van der Waals surface area contributed by atoms with Gasteiger partial charge in [-0.15, -0.1) is 12.4 Å². The van der Waals surface area contributed by atoms with E-state index < -0.39 is 0 Å². The van der Waals surface area contributed by atoms with Crippen molar-refractivity contribution in [2.45, 2.75) is 58.9 Å². The van der Waals surface area contributed by atoms with Gasteiger partial charge in [0.15, 0.2) is 0 Å². The molecule has 0 bridgehead atoms. The van der Waals surface area contributed by atoms with E-state index in [1.54, 1.807) is 6.20 Å². The molecule has 0 fully saturated rings. The minimum absolute atomic E-state index is 0. The summed E-state index contributed by atoms with van der Waals surface area (Å²) >= 11 is 0. The maximum Gasteiger partial charge on any atom is 0.123 e. The first-order valence-corrected chi connectivity index (χ1v) is 7.66. The summed E-state index contributed by atoms with van der Waals surface area (Å²) < 4.78 is 0. The Balaban J connectivity index is 0.00000264. The van der Waals surface area contributed by atoms with Gasteiger partial charge in [0.25, 0.3) is 0 Å². The summed E-state index contributed by atoms with van der Waals surface area (Å²) in [5.41, 5.74) is 9.19. The van der Waals surface area contributed by atoms with Gasteiger partial charge in [-0.05, 0) is 23.0 Å². The molecule has 1 heterocycles. The molecule has 0 amide bonds. The number of aromatic hydroxyl groups is 1. The van der Waals surface area contributed by atoms with Crippen LogP contribution < -0.4 is 5.73 Å². The number of halogens is 1. The number of phenolic OH excluding ortho intramolecular Hbond substituents is 1. The number of nitrogens with one attached hydrogen (secondary N) is 1. The van der Waals surface area contributed by atoms with Gasteiger partial charge in [-0.3, -0.25) is 0 Å². The summed E-state index contributed by atoms with van der Waals surface area (Å²) in [6.07, 6.45) is 1.80. The molecule has 0 atom stereocenters. The molecular formula is C18H28ClN3O. The molecule has 2 aromatic rings. The smallest absolute Gasteiger partial charge is 0.123 e. The number of aromatic amines is 1. The van der Waals surface area contributed by atoms with Crippen molar-refractivity contribution >= 4 is 12.4 Å². The molecule has 0 aliphatic heterocycles. The summed E-state index contributed by atoms with van der Waals surface area (Å²) in [5.74, 6) is 1.15. The molecule has 5 heteroatoms. The van der Waals surface area contributed by atoms with Crippen molar-refractivity contribution in [2.75, 3.05) is 0 Å². The molecule has 2 rings (SSSR count). The van der Waals surface area contributed by atoms with Crippen molar-refractivity contribution in [3.63, 3.8) is 0 Å². The number of rotatable bonds is 2.